The first-order valence-corrected chi connectivity index (χ1v) is 5.86. The number of hydrogen-bond acceptors (Lipinski definition) is 2. The van der Waals surface area contributed by atoms with Gasteiger partial charge in [-0.1, -0.05) is 18.2 Å². The molecule has 0 unspecified atom stereocenters. The van der Waals surface area contributed by atoms with Gasteiger partial charge in [0.15, 0.2) is 0 Å². The quantitative estimate of drug-likeness (QED) is 0.751. The molecule has 90 valence electrons. The molecule has 2 aliphatic carbocycles. The minimum absolute atomic E-state index is 0.0671. The third kappa shape index (κ3) is 1.74. The van der Waals surface area contributed by atoms with Crippen LogP contribution in [-0.4, -0.2) is 11.0 Å². The molecule has 3 heteroatoms. The number of phenolic OH excluding ortho intramolecular Hbond substituents is 1. The van der Waals surface area contributed by atoms with E-state index >= 15 is 0 Å². The summed E-state index contributed by atoms with van der Waals surface area (Å²) in [5.41, 5.74) is 2.03. The Hall–Kier alpha value is -2.29. The van der Waals surface area contributed by atoms with Crippen LogP contribution in [0.2, 0.25) is 0 Å². The molecule has 3 rings (SSSR count). The van der Waals surface area contributed by atoms with Crippen LogP contribution in [0.4, 0.5) is 0 Å². The molecule has 0 aromatic heterocycles. The third-order valence-corrected chi connectivity index (χ3v) is 3.19. The lowest BCUT2D eigenvalue weighted by molar-refractivity contribution is -0.118. The molecule has 1 aromatic carbocycles. The number of carbonyl (C=O) groups excluding carboxylic acids is 1. The van der Waals surface area contributed by atoms with E-state index in [0.29, 0.717) is 0 Å². The van der Waals surface area contributed by atoms with Crippen molar-refractivity contribution in [1.82, 2.24) is 5.32 Å². The first kappa shape index (κ1) is 10.8. The van der Waals surface area contributed by atoms with Gasteiger partial charge in [-0.05, 0) is 40.3 Å². The normalized spacial score (nSPS) is 19.7. The van der Waals surface area contributed by atoms with E-state index in [0.717, 1.165) is 16.1 Å². The fourth-order valence-electron chi connectivity index (χ4n) is 2.47. The van der Waals surface area contributed by atoms with Crippen molar-refractivity contribution < 1.29 is 9.90 Å². The van der Waals surface area contributed by atoms with Gasteiger partial charge in [0.05, 0.1) is 0 Å². The van der Waals surface area contributed by atoms with Gasteiger partial charge in [-0.25, -0.2) is 0 Å². The predicted molar refractivity (Wildman–Crippen MR) is 69.8 cm³/mol. The highest BCUT2D eigenvalue weighted by Gasteiger charge is 2.18. The van der Waals surface area contributed by atoms with Crippen molar-refractivity contribution in [2.24, 2.45) is 5.92 Å². The number of phenols is 1. The number of benzene rings is 1. The topological polar surface area (TPSA) is 49.3 Å². The zero-order valence-electron chi connectivity index (χ0n) is 9.97. The molecule has 0 bridgehead atoms. The first-order valence-electron chi connectivity index (χ1n) is 5.86. The zero-order valence-corrected chi connectivity index (χ0v) is 9.97. The summed E-state index contributed by atoms with van der Waals surface area (Å²) in [5, 5.41) is 14.5. The molecule has 1 amide bonds. The summed E-state index contributed by atoms with van der Waals surface area (Å²) >= 11 is 0. The number of allylic oxidation sites excluding steroid dienone is 3. The van der Waals surface area contributed by atoms with Crippen molar-refractivity contribution >= 4 is 17.6 Å². The van der Waals surface area contributed by atoms with Crippen molar-refractivity contribution in [3.8, 4) is 5.75 Å². The molecule has 1 aromatic rings. The highest BCUT2D eigenvalue weighted by atomic mass is 16.3. The number of carbonyl (C=O) groups is 1. The molecule has 3 nitrogen and oxygen atoms in total. The number of amides is 1. The summed E-state index contributed by atoms with van der Waals surface area (Å²) in [6.45, 7) is 1.50. The second-order valence-electron chi connectivity index (χ2n) is 4.56. The van der Waals surface area contributed by atoms with Crippen molar-refractivity contribution in [3.63, 3.8) is 0 Å². The van der Waals surface area contributed by atoms with Crippen LogP contribution in [0.3, 0.4) is 0 Å². The van der Waals surface area contributed by atoms with Crippen molar-refractivity contribution in [3.05, 3.63) is 52.6 Å². The number of nitrogens with one attached hydrogen (secondary N) is 1. The summed E-state index contributed by atoms with van der Waals surface area (Å²) < 4.78 is 0. The molecule has 0 spiro atoms. The van der Waals surface area contributed by atoms with Crippen molar-refractivity contribution in [2.75, 3.05) is 0 Å². The van der Waals surface area contributed by atoms with Gasteiger partial charge in [-0.2, -0.15) is 0 Å². The minimum Gasteiger partial charge on any atom is -0.508 e. The predicted octanol–water partition coefficient (Wildman–Crippen LogP) is 0.543. The molecule has 0 heterocycles. The molecule has 2 N–H and O–H groups in total. The average molecular weight is 239 g/mol. The lowest BCUT2D eigenvalue weighted by Gasteiger charge is -2.14. The molecule has 0 radical (unpaired) electrons. The molecule has 1 atom stereocenters. The Labute approximate surface area is 104 Å². The van der Waals surface area contributed by atoms with Crippen LogP contribution in [0.15, 0.2) is 42.1 Å². The minimum atomic E-state index is -0.0671. The molecule has 18 heavy (non-hydrogen) atoms. The fourth-order valence-corrected chi connectivity index (χ4v) is 2.47. The second-order valence-corrected chi connectivity index (χ2v) is 4.56. The molecule has 2 aliphatic rings. The Morgan fingerprint density at radius 1 is 1.28 bits per heavy atom. The van der Waals surface area contributed by atoms with E-state index in [1.807, 2.05) is 24.3 Å². The highest BCUT2D eigenvalue weighted by molar-refractivity contribution is 5.79. The van der Waals surface area contributed by atoms with Crippen LogP contribution in [0.25, 0.3) is 11.6 Å². The summed E-state index contributed by atoms with van der Waals surface area (Å²) in [6, 6.07) is 5.39. The lowest BCUT2D eigenvalue weighted by atomic mass is 9.95. The van der Waals surface area contributed by atoms with Gasteiger partial charge in [-0.3, -0.25) is 4.79 Å². The Kier molecular flexibility index (Phi) is 2.33. The lowest BCUT2D eigenvalue weighted by Crippen LogP contribution is -2.22. The molecular weight excluding hydrogens is 226 g/mol. The Morgan fingerprint density at radius 2 is 2.11 bits per heavy atom. The van der Waals surface area contributed by atoms with Gasteiger partial charge in [0.2, 0.25) is 5.91 Å². The highest BCUT2D eigenvalue weighted by Crippen LogP contribution is 2.25. The third-order valence-electron chi connectivity index (χ3n) is 3.19. The summed E-state index contributed by atoms with van der Waals surface area (Å²) in [5.74, 6) is 0.385. The fraction of sp³-hybridized carbons (Fsp3) is 0.133. The summed E-state index contributed by atoms with van der Waals surface area (Å²) in [7, 11) is 0. The zero-order chi connectivity index (χ0) is 12.7. The number of hydrogen-bond donors (Lipinski definition) is 2. The molecule has 0 fully saturated rings. The van der Waals surface area contributed by atoms with Crippen LogP contribution in [0.1, 0.15) is 6.92 Å². The van der Waals surface area contributed by atoms with E-state index in [2.05, 4.69) is 11.4 Å². The second kappa shape index (κ2) is 3.88. The SMILES string of the molecule is CC(=O)NC1=C[C@H]2C=c3cc(O)ccc3=C2C=C1. The van der Waals surface area contributed by atoms with E-state index in [1.54, 1.807) is 12.1 Å². The van der Waals surface area contributed by atoms with E-state index < -0.39 is 0 Å². The van der Waals surface area contributed by atoms with Crippen molar-refractivity contribution in [2.45, 2.75) is 6.92 Å². The molecule has 0 saturated heterocycles. The van der Waals surface area contributed by atoms with Gasteiger partial charge in [0.1, 0.15) is 5.75 Å². The number of rotatable bonds is 1. The van der Waals surface area contributed by atoms with Crippen LogP contribution in [-0.2, 0) is 4.79 Å². The van der Waals surface area contributed by atoms with Crippen LogP contribution in [0, 0.1) is 5.92 Å². The van der Waals surface area contributed by atoms with E-state index in [4.69, 9.17) is 0 Å². The van der Waals surface area contributed by atoms with Crippen LogP contribution < -0.4 is 15.8 Å². The van der Waals surface area contributed by atoms with Gasteiger partial charge in [0, 0.05) is 18.5 Å². The number of fused-ring (bicyclic) bond motifs is 2. The maximum atomic E-state index is 11.0. The smallest absolute Gasteiger partial charge is 0.221 e. The number of aromatic hydroxyl groups is 1. The maximum absolute atomic E-state index is 11.0. The van der Waals surface area contributed by atoms with Gasteiger partial charge in [0.25, 0.3) is 0 Å². The first-order chi connectivity index (χ1) is 8.63. The van der Waals surface area contributed by atoms with Gasteiger partial charge in [-0.15, -0.1) is 0 Å². The summed E-state index contributed by atoms with van der Waals surface area (Å²) in [6.07, 6.45) is 8.04. The standard InChI is InChI=1S/C15H13NO2/c1-9(17)16-12-2-4-14-10(7-12)6-11-8-13(18)3-5-15(11)14/h2-8,10,18H,1H3,(H,16,17)/t10-/m1/s1. The van der Waals surface area contributed by atoms with Gasteiger partial charge < -0.3 is 10.4 Å². The molecule has 0 saturated carbocycles. The van der Waals surface area contributed by atoms with Gasteiger partial charge >= 0.3 is 0 Å². The average Bonchev–Trinajstić information content (AvgIpc) is 2.64. The monoisotopic (exact) mass is 239 g/mol. The van der Waals surface area contributed by atoms with Crippen LogP contribution in [0.5, 0.6) is 5.75 Å². The van der Waals surface area contributed by atoms with E-state index in [9.17, 15) is 9.90 Å². The maximum Gasteiger partial charge on any atom is 0.221 e. The van der Waals surface area contributed by atoms with E-state index in [1.165, 1.54) is 12.5 Å². The summed E-state index contributed by atoms with van der Waals surface area (Å²) in [4.78, 5) is 11.0. The van der Waals surface area contributed by atoms with Crippen LogP contribution >= 0.6 is 0 Å². The van der Waals surface area contributed by atoms with Crippen molar-refractivity contribution in [1.29, 1.82) is 0 Å². The van der Waals surface area contributed by atoms with E-state index in [-0.39, 0.29) is 17.6 Å². The Morgan fingerprint density at radius 3 is 2.89 bits per heavy atom. The largest absolute Gasteiger partial charge is 0.508 e. The Balaban J connectivity index is 2.08. The molecular formula is C15H13NO2. The molecule has 0 aliphatic heterocycles. The Bertz CT molecular complexity index is 710.